The van der Waals surface area contributed by atoms with E-state index in [1.54, 1.807) is 43.1 Å². The molecule has 1 saturated carbocycles. The molecule has 324 valence electrons. The number of nitrogens with zero attached hydrogens (tertiary/aromatic N) is 4. The number of aliphatic hydroxyl groups is 1. The van der Waals surface area contributed by atoms with Gasteiger partial charge in [-0.3, -0.25) is 28.8 Å². The van der Waals surface area contributed by atoms with Gasteiger partial charge in [0.2, 0.25) is 29.5 Å². The van der Waals surface area contributed by atoms with Crippen LogP contribution in [0.2, 0.25) is 5.02 Å². The normalized spacial score (nSPS) is 24.1. The number of anilines is 1. The Bertz CT molecular complexity index is 2030. The molecule has 4 aliphatic rings. The SMILES string of the molecule is COc1cccc(C[C@H](NC(=O)Nc2ccc(Cl)cc2F)C(=O)N[C@@H](CO)C(=O)N2CCC[C@H]2C(=O)N2CCN(C)C[C@H]2C(=O)N[C@@H](C)C(=O)N2C[C@H](C)C[C@]23CC3=O)c1. The number of likely N-dealkylation sites (N-methyl/N-ethyl adjacent to an activating group) is 1. The van der Waals surface area contributed by atoms with Gasteiger partial charge in [-0.25, -0.2) is 9.18 Å². The minimum Gasteiger partial charge on any atom is -0.497 e. The van der Waals surface area contributed by atoms with E-state index in [4.69, 9.17) is 16.3 Å². The molecular formula is C41H52ClFN8O9. The number of likely N-dealkylation sites (tertiary alicyclic amines) is 2. The number of Topliss-reactive ketones (excluding diaryl/α,β-unsaturated/α-hetero) is 1. The lowest BCUT2D eigenvalue weighted by atomic mass is 10.0. The summed E-state index contributed by atoms with van der Waals surface area (Å²) in [6, 6.07) is 3.60. The predicted octanol–water partition coefficient (Wildman–Crippen LogP) is 0.916. The molecule has 2 aromatic carbocycles. The predicted molar refractivity (Wildman–Crippen MR) is 216 cm³/mol. The molecule has 1 aliphatic carbocycles. The highest BCUT2D eigenvalue weighted by Gasteiger charge is 2.63. The van der Waals surface area contributed by atoms with Crippen LogP contribution in [0.4, 0.5) is 14.9 Å². The van der Waals surface area contributed by atoms with Crippen molar-refractivity contribution in [1.82, 2.24) is 35.6 Å². The van der Waals surface area contributed by atoms with Crippen molar-refractivity contribution in [3.05, 3.63) is 58.9 Å². The van der Waals surface area contributed by atoms with Gasteiger partial charge in [0.25, 0.3) is 0 Å². The van der Waals surface area contributed by atoms with Gasteiger partial charge in [0.05, 0.1) is 19.4 Å². The van der Waals surface area contributed by atoms with Crippen molar-refractivity contribution in [2.24, 2.45) is 5.92 Å². The highest BCUT2D eigenvalue weighted by molar-refractivity contribution is 6.30. The van der Waals surface area contributed by atoms with Gasteiger partial charge in [-0.15, -0.1) is 0 Å². The Labute approximate surface area is 352 Å². The first-order valence-corrected chi connectivity index (χ1v) is 20.4. The number of carbonyl (C=O) groups excluding carboxylic acids is 7. The zero-order valence-electron chi connectivity index (χ0n) is 34.0. The Morgan fingerprint density at radius 1 is 0.967 bits per heavy atom. The molecule has 3 heterocycles. The first-order valence-electron chi connectivity index (χ1n) is 20.1. The fourth-order valence-electron chi connectivity index (χ4n) is 8.49. The van der Waals surface area contributed by atoms with Crippen molar-refractivity contribution >= 4 is 58.6 Å². The fraction of sp³-hybridized carbons (Fsp3) is 0.537. The average Bonchev–Trinajstić information content (AvgIpc) is 3.49. The second-order valence-corrected chi connectivity index (χ2v) is 16.6. The first-order chi connectivity index (χ1) is 28.5. The van der Waals surface area contributed by atoms with Crippen LogP contribution in [0.3, 0.4) is 0 Å². The van der Waals surface area contributed by atoms with Gasteiger partial charge in [0.1, 0.15) is 47.3 Å². The van der Waals surface area contributed by atoms with E-state index in [0.717, 1.165) is 6.07 Å². The van der Waals surface area contributed by atoms with E-state index in [-0.39, 0.29) is 60.8 Å². The van der Waals surface area contributed by atoms with Gasteiger partial charge < -0.3 is 50.7 Å². The second kappa shape index (κ2) is 18.5. The van der Waals surface area contributed by atoms with Gasteiger partial charge in [0, 0.05) is 50.6 Å². The number of ether oxygens (including phenoxy) is 1. The van der Waals surface area contributed by atoms with E-state index in [1.165, 1.54) is 29.0 Å². The summed E-state index contributed by atoms with van der Waals surface area (Å²) in [5.41, 5.74) is -0.413. The summed E-state index contributed by atoms with van der Waals surface area (Å²) in [4.78, 5) is 101. The maximum absolute atomic E-state index is 14.5. The van der Waals surface area contributed by atoms with Crippen molar-refractivity contribution in [2.75, 3.05) is 58.8 Å². The number of aliphatic hydroxyl groups excluding tert-OH is 1. The molecule has 0 bridgehead atoms. The van der Waals surface area contributed by atoms with Crippen LogP contribution in [-0.4, -0.2) is 155 Å². The van der Waals surface area contributed by atoms with Crippen LogP contribution < -0.4 is 26.0 Å². The zero-order chi connectivity index (χ0) is 43.5. The third kappa shape index (κ3) is 9.66. The molecule has 0 aromatic heterocycles. The third-order valence-corrected chi connectivity index (χ3v) is 11.9. The number of amides is 7. The quantitative estimate of drug-likeness (QED) is 0.193. The molecule has 17 nitrogen and oxygen atoms in total. The number of urea groups is 1. The number of hydrogen-bond donors (Lipinski definition) is 5. The molecule has 19 heteroatoms. The lowest BCUT2D eigenvalue weighted by Crippen LogP contribution is -2.65. The van der Waals surface area contributed by atoms with Crippen LogP contribution in [0, 0.1) is 11.7 Å². The van der Waals surface area contributed by atoms with Crippen LogP contribution >= 0.6 is 11.6 Å². The number of methoxy groups -OCH3 is 1. The smallest absolute Gasteiger partial charge is 0.319 e. The first kappa shape index (κ1) is 44.2. The van der Waals surface area contributed by atoms with E-state index in [1.807, 2.05) is 11.8 Å². The monoisotopic (exact) mass is 854 g/mol. The van der Waals surface area contributed by atoms with Gasteiger partial charge in [-0.1, -0.05) is 30.7 Å². The van der Waals surface area contributed by atoms with Crippen molar-refractivity contribution in [3.63, 3.8) is 0 Å². The van der Waals surface area contributed by atoms with Crippen LogP contribution in [0.5, 0.6) is 5.75 Å². The van der Waals surface area contributed by atoms with Gasteiger partial charge in [0.15, 0.2) is 5.78 Å². The molecule has 1 spiro atoms. The Kier molecular flexibility index (Phi) is 13.6. The Balaban J connectivity index is 1.13. The molecule has 5 N–H and O–H groups in total. The highest BCUT2D eigenvalue weighted by Crippen LogP contribution is 2.48. The fourth-order valence-corrected chi connectivity index (χ4v) is 8.65. The molecule has 2 aromatic rings. The Morgan fingerprint density at radius 2 is 1.72 bits per heavy atom. The van der Waals surface area contributed by atoms with E-state index < -0.39 is 77.8 Å². The summed E-state index contributed by atoms with van der Waals surface area (Å²) in [5.74, 6) is -3.15. The second-order valence-electron chi connectivity index (χ2n) is 16.2. The van der Waals surface area contributed by atoms with Crippen molar-refractivity contribution in [1.29, 1.82) is 0 Å². The Hall–Kier alpha value is -5.33. The minimum absolute atomic E-state index is 0.0169. The number of rotatable bonds is 13. The molecular weight excluding hydrogens is 803 g/mol. The number of piperazine rings is 1. The molecule has 0 unspecified atom stereocenters. The molecule has 0 radical (unpaired) electrons. The van der Waals surface area contributed by atoms with Crippen LogP contribution in [0.15, 0.2) is 42.5 Å². The van der Waals surface area contributed by atoms with E-state index in [9.17, 15) is 43.1 Å². The third-order valence-electron chi connectivity index (χ3n) is 11.7. The van der Waals surface area contributed by atoms with Crippen molar-refractivity contribution in [2.45, 2.75) is 81.7 Å². The summed E-state index contributed by atoms with van der Waals surface area (Å²) < 4.78 is 19.8. The standard InChI is InChI=1S/C41H52ClFN8O9/c1-23-18-41(19-34(41)53)51(20-23)37(56)24(2)44-36(55)33-21-48(3)13-14-50(33)39(58)32-9-6-12-49(32)38(57)31(22-52)45-35(54)30(16-25-7-5-8-27(15-25)60-4)47-40(59)46-29-11-10-26(42)17-28(29)43/h5,7-8,10-11,15,17,23-24,30-33,52H,6,9,12-14,16,18-22H2,1-4H3,(H,44,55)(H,45,54)(H2,46,47,59)/t23-,24+,30+,31+,32+,33+,41-/m1/s1. The maximum Gasteiger partial charge on any atom is 0.319 e. The average molecular weight is 855 g/mol. The molecule has 3 aliphatic heterocycles. The molecule has 3 saturated heterocycles. The summed E-state index contributed by atoms with van der Waals surface area (Å²) in [7, 11) is 3.27. The number of halogens is 2. The summed E-state index contributed by atoms with van der Waals surface area (Å²) in [6.45, 7) is 4.02. The molecule has 7 amide bonds. The molecule has 60 heavy (non-hydrogen) atoms. The summed E-state index contributed by atoms with van der Waals surface area (Å²) >= 11 is 5.84. The van der Waals surface area contributed by atoms with Crippen LogP contribution in [-0.2, 0) is 35.2 Å². The van der Waals surface area contributed by atoms with Gasteiger partial charge in [-0.2, -0.15) is 0 Å². The van der Waals surface area contributed by atoms with Crippen molar-refractivity contribution in [3.8, 4) is 5.75 Å². The number of nitrogens with one attached hydrogen (secondary N) is 4. The number of benzene rings is 2. The molecule has 7 atom stereocenters. The number of hydrogen-bond acceptors (Lipinski definition) is 10. The summed E-state index contributed by atoms with van der Waals surface area (Å²) in [6.07, 6.45) is 1.50. The van der Waals surface area contributed by atoms with E-state index in [0.29, 0.717) is 43.7 Å². The zero-order valence-corrected chi connectivity index (χ0v) is 34.8. The molecule has 6 rings (SSSR count). The molecule has 4 fully saturated rings. The lowest BCUT2D eigenvalue weighted by Gasteiger charge is -2.41. The lowest BCUT2D eigenvalue weighted by molar-refractivity contribution is -0.152. The maximum atomic E-state index is 14.5. The number of carbonyl (C=O) groups is 7. The highest BCUT2D eigenvalue weighted by atomic mass is 35.5. The largest absolute Gasteiger partial charge is 0.497 e. The Morgan fingerprint density at radius 3 is 2.40 bits per heavy atom. The van der Waals surface area contributed by atoms with E-state index in [2.05, 4.69) is 21.3 Å². The van der Waals surface area contributed by atoms with Gasteiger partial charge in [-0.05, 0) is 75.0 Å². The van der Waals surface area contributed by atoms with Crippen LogP contribution in [0.25, 0.3) is 0 Å². The topological polar surface area (TPSA) is 210 Å². The van der Waals surface area contributed by atoms with Crippen molar-refractivity contribution < 1.29 is 47.8 Å². The summed E-state index contributed by atoms with van der Waals surface area (Å²) in [5, 5.41) is 20.7. The van der Waals surface area contributed by atoms with E-state index >= 15 is 0 Å². The number of ketones is 1. The minimum atomic E-state index is -1.52. The van der Waals surface area contributed by atoms with Gasteiger partial charge >= 0.3 is 6.03 Å². The van der Waals surface area contributed by atoms with Crippen LogP contribution in [0.1, 0.15) is 45.1 Å².